The Morgan fingerprint density at radius 2 is 1.86 bits per heavy atom. The summed E-state index contributed by atoms with van der Waals surface area (Å²) in [6.07, 6.45) is 5.11. The smallest absolute Gasteiger partial charge is 0.256 e. The highest BCUT2D eigenvalue weighted by Gasteiger charge is 2.08. The third-order valence-electron chi connectivity index (χ3n) is 2.79. The summed E-state index contributed by atoms with van der Waals surface area (Å²) in [6.45, 7) is 1.90. The van der Waals surface area contributed by atoms with Crippen molar-refractivity contribution >= 4 is 11.8 Å². The third-order valence-corrected chi connectivity index (χ3v) is 3.67. The fraction of sp³-hybridized carbons (Fsp3) is 0.133. The first-order valence-corrected chi connectivity index (χ1v) is 7.31. The molecule has 0 spiro atoms. The Bertz CT molecular complexity index is 725. The van der Waals surface area contributed by atoms with Gasteiger partial charge in [0.25, 0.3) is 5.22 Å². The lowest BCUT2D eigenvalue weighted by Crippen LogP contribution is -1.90. The van der Waals surface area contributed by atoms with E-state index in [1.54, 1.807) is 30.7 Å². The van der Waals surface area contributed by atoms with Crippen molar-refractivity contribution in [1.82, 2.24) is 15.0 Å². The van der Waals surface area contributed by atoms with E-state index in [1.165, 1.54) is 23.9 Å². The summed E-state index contributed by atoms with van der Waals surface area (Å²) in [6, 6.07) is 6.12. The molecule has 0 fully saturated rings. The van der Waals surface area contributed by atoms with E-state index in [9.17, 15) is 4.39 Å². The van der Waals surface area contributed by atoms with Crippen molar-refractivity contribution < 1.29 is 8.81 Å². The van der Waals surface area contributed by atoms with Crippen molar-refractivity contribution in [3.63, 3.8) is 0 Å². The summed E-state index contributed by atoms with van der Waals surface area (Å²) in [5.41, 5.74) is 2.55. The van der Waals surface area contributed by atoms with Crippen molar-refractivity contribution in [2.45, 2.75) is 17.9 Å². The highest BCUT2D eigenvalue weighted by molar-refractivity contribution is 7.98. The molecule has 0 aliphatic carbocycles. The second-order valence-electron chi connectivity index (χ2n) is 4.44. The van der Waals surface area contributed by atoms with Crippen LogP contribution in [-0.2, 0) is 5.75 Å². The van der Waals surface area contributed by atoms with Crippen LogP contribution in [0.3, 0.4) is 0 Å². The van der Waals surface area contributed by atoms with Crippen LogP contribution in [0.4, 0.5) is 4.39 Å². The number of aromatic nitrogens is 3. The van der Waals surface area contributed by atoms with E-state index in [1.807, 2.05) is 6.92 Å². The zero-order valence-electron chi connectivity index (χ0n) is 11.3. The van der Waals surface area contributed by atoms with Crippen molar-refractivity contribution in [3.05, 3.63) is 60.1 Å². The Hall–Kier alpha value is -2.21. The van der Waals surface area contributed by atoms with E-state index in [0.29, 0.717) is 16.7 Å². The normalized spacial score (nSPS) is 10.8. The van der Waals surface area contributed by atoms with Crippen LogP contribution in [0.2, 0.25) is 0 Å². The van der Waals surface area contributed by atoms with E-state index >= 15 is 0 Å². The molecule has 0 atom stereocenters. The van der Waals surface area contributed by atoms with Gasteiger partial charge in [0.05, 0.1) is 17.6 Å². The summed E-state index contributed by atoms with van der Waals surface area (Å²) in [5, 5.41) is 0.553. The number of nitrogens with zero attached hydrogens (tertiary/aromatic N) is 3. The largest absolute Gasteiger partial charge is 0.431 e. The number of aryl methyl sites for hydroxylation is 1. The van der Waals surface area contributed by atoms with Gasteiger partial charge < -0.3 is 4.42 Å². The Labute approximate surface area is 125 Å². The molecule has 0 saturated heterocycles. The van der Waals surface area contributed by atoms with Crippen LogP contribution in [-0.4, -0.2) is 15.0 Å². The summed E-state index contributed by atoms with van der Waals surface area (Å²) in [7, 11) is 0. The Kier molecular flexibility index (Phi) is 3.96. The minimum atomic E-state index is -0.272. The quantitative estimate of drug-likeness (QED) is 0.685. The molecule has 0 saturated carbocycles. The summed E-state index contributed by atoms with van der Waals surface area (Å²) >= 11 is 1.44. The highest BCUT2D eigenvalue weighted by atomic mass is 32.2. The first-order valence-electron chi connectivity index (χ1n) is 6.33. The Morgan fingerprint density at radius 1 is 1.05 bits per heavy atom. The molecule has 106 valence electrons. The van der Waals surface area contributed by atoms with Gasteiger partial charge in [-0.2, -0.15) is 0 Å². The summed E-state index contributed by atoms with van der Waals surface area (Å²) in [4.78, 5) is 12.7. The van der Waals surface area contributed by atoms with Gasteiger partial charge in [0.1, 0.15) is 5.82 Å². The van der Waals surface area contributed by atoms with E-state index in [4.69, 9.17) is 4.42 Å². The van der Waals surface area contributed by atoms with Crippen molar-refractivity contribution in [1.29, 1.82) is 0 Å². The maximum atomic E-state index is 12.9. The van der Waals surface area contributed by atoms with E-state index in [0.717, 1.165) is 17.0 Å². The molecular formula is C15H12FN3OS. The van der Waals surface area contributed by atoms with Gasteiger partial charge in [0, 0.05) is 23.7 Å². The molecule has 0 radical (unpaired) electrons. The maximum Gasteiger partial charge on any atom is 0.256 e. The minimum Gasteiger partial charge on any atom is -0.431 e. The van der Waals surface area contributed by atoms with Crippen LogP contribution in [0.1, 0.15) is 11.4 Å². The van der Waals surface area contributed by atoms with Crippen LogP contribution in [0.25, 0.3) is 11.3 Å². The number of benzene rings is 1. The summed E-state index contributed by atoms with van der Waals surface area (Å²) < 4.78 is 18.5. The number of oxazole rings is 1. The Balaban J connectivity index is 1.67. The van der Waals surface area contributed by atoms with Crippen LogP contribution in [0, 0.1) is 12.7 Å². The lowest BCUT2D eigenvalue weighted by molar-refractivity contribution is 0.466. The van der Waals surface area contributed by atoms with Crippen LogP contribution in [0.15, 0.2) is 52.5 Å². The number of hydrogen-bond donors (Lipinski definition) is 0. The average Bonchev–Trinajstić information content (AvgIpc) is 2.96. The lowest BCUT2D eigenvalue weighted by atomic mass is 10.2. The Morgan fingerprint density at radius 3 is 2.57 bits per heavy atom. The average molecular weight is 301 g/mol. The lowest BCUT2D eigenvalue weighted by Gasteiger charge is -1.98. The van der Waals surface area contributed by atoms with E-state index in [-0.39, 0.29) is 5.82 Å². The van der Waals surface area contributed by atoms with Crippen molar-refractivity contribution in [2.24, 2.45) is 0 Å². The molecule has 3 aromatic rings. The molecular weight excluding hydrogens is 289 g/mol. The van der Waals surface area contributed by atoms with Crippen LogP contribution in [0.5, 0.6) is 0 Å². The highest BCUT2D eigenvalue weighted by Crippen LogP contribution is 2.27. The van der Waals surface area contributed by atoms with Gasteiger partial charge in [-0.3, -0.25) is 9.97 Å². The molecule has 0 aliphatic rings. The third kappa shape index (κ3) is 3.46. The molecule has 0 bridgehead atoms. The number of halogens is 1. The van der Waals surface area contributed by atoms with E-state index in [2.05, 4.69) is 15.0 Å². The molecule has 3 rings (SSSR count). The van der Waals surface area contributed by atoms with Crippen molar-refractivity contribution in [3.8, 4) is 11.3 Å². The first-order chi connectivity index (χ1) is 10.2. The SMILES string of the molecule is Cc1cnc(CSc2ncc(-c3ccc(F)cc3)o2)cn1. The molecule has 2 aromatic heterocycles. The molecule has 0 aliphatic heterocycles. The van der Waals surface area contributed by atoms with Gasteiger partial charge in [-0.05, 0) is 31.2 Å². The topological polar surface area (TPSA) is 51.8 Å². The standard InChI is InChI=1S/C15H12FN3OS/c1-10-6-18-13(7-17-10)9-21-15-19-8-14(20-15)11-2-4-12(16)5-3-11/h2-8H,9H2,1H3. The summed E-state index contributed by atoms with van der Waals surface area (Å²) in [5.74, 6) is 0.981. The second-order valence-corrected chi connectivity index (χ2v) is 5.36. The van der Waals surface area contributed by atoms with Gasteiger partial charge in [0.15, 0.2) is 5.76 Å². The fourth-order valence-corrected chi connectivity index (χ4v) is 2.40. The number of hydrogen-bond acceptors (Lipinski definition) is 5. The van der Waals surface area contributed by atoms with Gasteiger partial charge >= 0.3 is 0 Å². The second kappa shape index (κ2) is 6.05. The molecule has 0 N–H and O–H groups in total. The van der Waals surface area contributed by atoms with Gasteiger partial charge in [-0.1, -0.05) is 11.8 Å². The zero-order chi connectivity index (χ0) is 14.7. The maximum absolute atomic E-state index is 12.9. The van der Waals surface area contributed by atoms with E-state index < -0.39 is 0 Å². The molecule has 4 nitrogen and oxygen atoms in total. The minimum absolute atomic E-state index is 0.272. The van der Waals surface area contributed by atoms with Gasteiger partial charge in [0.2, 0.25) is 0 Å². The molecule has 1 aromatic carbocycles. The van der Waals surface area contributed by atoms with Gasteiger partial charge in [-0.15, -0.1) is 0 Å². The van der Waals surface area contributed by atoms with Crippen molar-refractivity contribution in [2.75, 3.05) is 0 Å². The zero-order valence-corrected chi connectivity index (χ0v) is 12.1. The van der Waals surface area contributed by atoms with Crippen LogP contribution < -0.4 is 0 Å². The molecule has 6 heteroatoms. The number of rotatable bonds is 4. The molecule has 2 heterocycles. The predicted octanol–water partition coefficient (Wildman–Crippen LogP) is 3.87. The molecule has 0 unspecified atom stereocenters. The first kappa shape index (κ1) is 13.8. The molecule has 0 amide bonds. The monoisotopic (exact) mass is 301 g/mol. The van der Waals surface area contributed by atoms with Crippen LogP contribution >= 0.6 is 11.8 Å². The fourth-order valence-electron chi connectivity index (χ4n) is 1.70. The molecule has 21 heavy (non-hydrogen) atoms. The predicted molar refractivity (Wildman–Crippen MR) is 78.2 cm³/mol. The number of thioether (sulfide) groups is 1. The van der Waals surface area contributed by atoms with Gasteiger partial charge in [-0.25, -0.2) is 9.37 Å².